The summed E-state index contributed by atoms with van der Waals surface area (Å²) in [5.74, 6) is 0.828. The molecule has 1 heterocycles. The van der Waals surface area contributed by atoms with E-state index in [0.717, 1.165) is 29.2 Å². The molecular formula is C9H8Cl2O. The zero-order valence-electron chi connectivity index (χ0n) is 6.39. The molecule has 12 heavy (non-hydrogen) atoms. The van der Waals surface area contributed by atoms with E-state index >= 15 is 0 Å². The van der Waals surface area contributed by atoms with Gasteiger partial charge in [-0.1, -0.05) is 29.3 Å². The second-order valence-electron chi connectivity index (χ2n) is 2.78. The third-order valence-electron chi connectivity index (χ3n) is 1.95. The van der Waals surface area contributed by atoms with Crippen LogP contribution in [-0.2, 0) is 6.42 Å². The Labute approximate surface area is 81.2 Å². The average molecular weight is 203 g/mol. The number of halogens is 2. The van der Waals surface area contributed by atoms with Crippen LogP contribution < -0.4 is 4.74 Å². The fraction of sp³-hybridized carbons (Fsp3) is 0.333. The zero-order chi connectivity index (χ0) is 8.55. The van der Waals surface area contributed by atoms with Crippen molar-refractivity contribution in [3.05, 3.63) is 28.8 Å². The molecular weight excluding hydrogens is 195 g/mol. The Kier molecular flexibility index (Phi) is 2.16. The molecule has 0 saturated heterocycles. The van der Waals surface area contributed by atoms with Crippen molar-refractivity contribution in [1.82, 2.24) is 0 Å². The van der Waals surface area contributed by atoms with Gasteiger partial charge in [0.2, 0.25) is 0 Å². The van der Waals surface area contributed by atoms with Gasteiger partial charge in [-0.3, -0.25) is 0 Å². The summed E-state index contributed by atoms with van der Waals surface area (Å²) in [5, 5.41) is 0.774. The van der Waals surface area contributed by atoms with Crippen molar-refractivity contribution in [1.29, 1.82) is 0 Å². The van der Waals surface area contributed by atoms with Crippen LogP contribution in [0.4, 0.5) is 0 Å². The molecule has 0 spiro atoms. The third kappa shape index (κ3) is 1.39. The molecule has 0 bridgehead atoms. The molecule has 0 fully saturated rings. The third-order valence-corrected chi connectivity index (χ3v) is 2.61. The predicted octanol–water partition coefficient (Wildman–Crippen LogP) is 3.23. The summed E-state index contributed by atoms with van der Waals surface area (Å²) in [5.41, 5.74) is 0.882. The molecule has 0 N–H and O–H groups in total. The van der Waals surface area contributed by atoms with Crippen LogP contribution in [-0.4, -0.2) is 5.56 Å². The molecule has 64 valence electrons. The monoisotopic (exact) mass is 202 g/mol. The summed E-state index contributed by atoms with van der Waals surface area (Å²) in [6.07, 6.45) is 1.74. The van der Waals surface area contributed by atoms with Gasteiger partial charge in [0.25, 0.3) is 0 Å². The molecule has 1 nitrogen and oxygen atoms in total. The fourth-order valence-electron chi connectivity index (χ4n) is 1.35. The van der Waals surface area contributed by atoms with Crippen LogP contribution in [0.5, 0.6) is 5.75 Å². The molecule has 2 rings (SSSR count). The Morgan fingerprint density at radius 1 is 1.42 bits per heavy atom. The lowest BCUT2D eigenvalue weighted by molar-refractivity contribution is 0.249. The maximum Gasteiger partial charge on any atom is 0.172 e. The van der Waals surface area contributed by atoms with E-state index in [4.69, 9.17) is 27.9 Å². The Balaban J connectivity index is 2.42. The maximum atomic E-state index is 5.97. The second kappa shape index (κ2) is 3.15. The van der Waals surface area contributed by atoms with E-state index in [9.17, 15) is 0 Å². The van der Waals surface area contributed by atoms with Gasteiger partial charge in [0.1, 0.15) is 5.75 Å². The quantitative estimate of drug-likeness (QED) is 0.588. The molecule has 0 amide bonds. The first kappa shape index (κ1) is 8.21. The van der Waals surface area contributed by atoms with E-state index in [0.29, 0.717) is 0 Å². The van der Waals surface area contributed by atoms with E-state index in [2.05, 4.69) is 0 Å². The Bertz CT molecular complexity index is 299. The number of fused-ring (bicyclic) bond motifs is 1. The van der Waals surface area contributed by atoms with Crippen LogP contribution in [0.2, 0.25) is 5.02 Å². The van der Waals surface area contributed by atoms with Crippen molar-refractivity contribution < 1.29 is 4.74 Å². The number of ether oxygens (including phenoxy) is 1. The summed E-state index contributed by atoms with van der Waals surface area (Å²) in [7, 11) is 0. The van der Waals surface area contributed by atoms with Gasteiger partial charge >= 0.3 is 0 Å². The van der Waals surface area contributed by atoms with Crippen molar-refractivity contribution >= 4 is 23.2 Å². The van der Waals surface area contributed by atoms with Crippen LogP contribution in [0, 0.1) is 0 Å². The SMILES string of the molecule is Clc1cccc2c1CCC(Cl)O2. The van der Waals surface area contributed by atoms with Crippen molar-refractivity contribution in [2.45, 2.75) is 18.4 Å². The maximum absolute atomic E-state index is 5.97. The zero-order valence-corrected chi connectivity index (χ0v) is 7.90. The van der Waals surface area contributed by atoms with Crippen LogP contribution in [0.3, 0.4) is 0 Å². The highest BCUT2D eigenvalue weighted by Gasteiger charge is 2.18. The van der Waals surface area contributed by atoms with Crippen molar-refractivity contribution in [3.8, 4) is 5.75 Å². The topological polar surface area (TPSA) is 9.23 Å². The number of hydrogen-bond donors (Lipinski definition) is 0. The number of alkyl halides is 1. The van der Waals surface area contributed by atoms with Gasteiger partial charge in [-0.05, 0) is 18.6 Å². The van der Waals surface area contributed by atoms with Crippen molar-refractivity contribution in [3.63, 3.8) is 0 Å². The van der Waals surface area contributed by atoms with Crippen LogP contribution in [0.1, 0.15) is 12.0 Å². The Hall–Kier alpha value is -0.400. The van der Waals surface area contributed by atoms with Gasteiger partial charge in [0.05, 0.1) is 0 Å². The first-order valence-electron chi connectivity index (χ1n) is 3.85. The van der Waals surface area contributed by atoms with Gasteiger partial charge in [-0.2, -0.15) is 0 Å². The molecule has 0 aromatic heterocycles. The first-order valence-corrected chi connectivity index (χ1v) is 4.67. The minimum Gasteiger partial charge on any atom is -0.474 e. The van der Waals surface area contributed by atoms with Crippen molar-refractivity contribution in [2.75, 3.05) is 0 Å². The lowest BCUT2D eigenvalue weighted by Crippen LogP contribution is -2.16. The normalized spacial score (nSPS) is 21.3. The smallest absolute Gasteiger partial charge is 0.172 e. The molecule has 1 unspecified atom stereocenters. The molecule has 1 aliphatic heterocycles. The molecule has 1 aliphatic rings. The first-order chi connectivity index (χ1) is 5.77. The highest BCUT2D eigenvalue weighted by Crippen LogP contribution is 2.33. The van der Waals surface area contributed by atoms with Gasteiger partial charge in [-0.25, -0.2) is 0 Å². The molecule has 0 aliphatic carbocycles. The van der Waals surface area contributed by atoms with E-state index in [1.165, 1.54) is 0 Å². The van der Waals surface area contributed by atoms with Gasteiger partial charge < -0.3 is 4.74 Å². The van der Waals surface area contributed by atoms with E-state index in [1.807, 2.05) is 18.2 Å². The van der Waals surface area contributed by atoms with Crippen LogP contribution >= 0.6 is 23.2 Å². The Morgan fingerprint density at radius 3 is 3.08 bits per heavy atom. The number of benzene rings is 1. The second-order valence-corrected chi connectivity index (χ2v) is 3.68. The van der Waals surface area contributed by atoms with E-state index in [-0.39, 0.29) is 5.56 Å². The summed E-state index contributed by atoms with van der Waals surface area (Å²) in [6.45, 7) is 0. The highest BCUT2D eigenvalue weighted by molar-refractivity contribution is 6.31. The minimum absolute atomic E-state index is 0.198. The average Bonchev–Trinajstić information content (AvgIpc) is 2.04. The molecule has 0 saturated carbocycles. The fourth-order valence-corrected chi connectivity index (χ4v) is 1.81. The Morgan fingerprint density at radius 2 is 2.25 bits per heavy atom. The molecule has 1 aromatic carbocycles. The lowest BCUT2D eigenvalue weighted by atomic mass is 10.1. The summed E-state index contributed by atoms with van der Waals surface area (Å²) in [4.78, 5) is 0. The van der Waals surface area contributed by atoms with Gasteiger partial charge in [0, 0.05) is 17.0 Å². The molecule has 3 heteroatoms. The van der Waals surface area contributed by atoms with Gasteiger partial charge in [-0.15, -0.1) is 0 Å². The molecule has 1 aromatic rings. The predicted molar refractivity (Wildman–Crippen MR) is 50.0 cm³/mol. The molecule has 1 atom stereocenters. The lowest BCUT2D eigenvalue weighted by Gasteiger charge is -2.21. The summed E-state index contributed by atoms with van der Waals surface area (Å²) < 4.78 is 5.39. The van der Waals surface area contributed by atoms with Crippen LogP contribution in [0.25, 0.3) is 0 Å². The standard InChI is InChI=1S/C9H8Cl2O/c10-7-2-1-3-8-6(7)4-5-9(11)12-8/h1-3,9H,4-5H2. The number of hydrogen-bond acceptors (Lipinski definition) is 1. The molecule has 0 radical (unpaired) electrons. The van der Waals surface area contributed by atoms with Crippen molar-refractivity contribution in [2.24, 2.45) is 0 Å². The van der Waals surface area contributed by atoms with E-state index in [1.54, 1.807) is 0 Å². The highest BCUT2D eigenvalue weighted by atomic mass is 35.5. The minimum atomic E-state index is -0.198. The summed E-state index contributed by atoms with van der Waals surface area (Å²) >= 11 is 11.8. The van der Waals surface area contributed by atoms with Gasteiger partial charge in [0.15, 0.2) is 5.56 Å². The van der Waals surface area contributed by atoms with Crippen LogP contribution in [0.15, 0.2) is 18.2 Å². The summed E-state index contributed by atoms with van der Waals surface area (Å²) in [6, 6.07) is 5.64. The largest absolute Gasteiger partial charge is 0.474 e. The number of rotatable bonds is 0. The van der Waals surface area contributed by atoms with E-state index < -0.39 is 0 Å².